The van der Waals surface area contributed by atoms with Crippen LogP contribution >= 0.6 is 0 Å². The van der Waals surface area contributed by atoms with Crippen LogP contribution in [0.15, 0.2) is 17.1 Å². The molecule has 1 aliphatic rings. The van der Waals surface area contributed by atoms with E-state index in [1.165, 1.54) is 0 Å². The van der Waals surface area contributed by atoms with Crippen molar-refractivity contribution in [3.8, 4) is 0 Å². The number of hydrogen-bond donors (Lipinski definition) is 0. The van der Waals surface area contributed by atoms with E-state index in [4.69, 9.17) is 0 Å². The van der Waals surface area contributed by atoms with Crippen LogP contribution in [0.5, 0.6) is 0 Å². The predicted molar refractivity (Wildman–Crippen MR) is 58.7 cm³/mol. The molecule has 2 heterocycles. The van der Waals surface area contributed by atoms with E-state index in [1.807, 2.05) is 37.3 Å². The third-order valence-electron chi connectivity index (χ3n) is 2.34. The van der Waals surface area contributed by atoms with E-state index in [2.05, 4.69) is 21.9 Å². The second-order valence-corrected chi connectivity index (χ2v) is 3.66. The van der Waals surface area contributed by atoms with Crippen LogP contribution in [0.1, 0.15) is 0 Å². The van der Waals surface area contributed by atoms with Gasteiger partial charge >= 0.3 is 0 Å². The molecule has 0 spiro atoms. The van der Waals surface area contributed by atoms with Gasteiger partial charge in [0.1, 0.15) is 5.69 Å². The fraction of sp³-hybridized carbons (Fsp3) is 0.400. The molecule has 2 rings (SSSR count). The Bertz CT molecular complexity index is 376. The molecule has 1 N–H and O–H groups in total. The minimum Gasteiger partial charge on any atom is -1.00 e. The van der Waals surface area contributed by atoms with Gasteiger partial charge in [-0.15, -0.1) is 0 Å². The monoisotopic (exact) mass is 318 g/mol. The number of fused-ring (bicyclic) bond motifs is 1. The van der Waals surface area contributed by atoms with Crippen molar-refractivity contribution in [1.29, 1.82) is 0 Å². The van der Waals surface area contributed by atoms with Gasteiger partial charge in [-0.3, -0.25) is 14.8 Å². The highest BCUT2D eigenvalue weighted by molar-refractivity contribution is 5.77. The SMILES string of the molecule is CN(C)c1ccc2c([nH+]1)N(C)CC=N2.[I-]. The van der Waals surface area contributed by atoms with E-state index in [-0.39, 0.29) is 24.0 Å². The summed E-state index contributed by atoms with van der Waals surface area (Å²) in [5.74, 6) is 2.17. The molecule has 4 nitrogen and oxygen atoms in total. The van der Waals surface area contributed by atoms with E-state index in [0.29, 0.717) is 0 Å². The number of pyridine rings is 1. The lowest BCUT2D eigenvalue weighted by atomic mass is 10.3. The lowest BCUT2D eigenvalue weighted by Crippen LogP contribution is -3.00. The summed E-state index contributed by atoms with van der Waals surface area (Å²) in [5, 5.41) is 0. The Balaban J connectivity index is 0.00000112. The van der Waals surface area contributed by atoms with Gasteiger partial charge in [-0.1, -0.05) is 0 Å². The maximum Gasteiger partial charge on any atom is 0.247 e. The van der Waals surface area contributed by atoms with Crippen LogP contribution in [0.25, 0.3) is 0 Å². The van der Waals surface area contributed by atoms with Crippen LogP contribution in [0.3, 0.4) is 0 Å². The molecule has 0 saturated heterocycles. The molecule has 0 bridgehead atoms. The molecule has 0 atom stereocenters. The third kappa shape index (κ3) is 2.39. The first-order valence-corrected chi connectivity index (χ1v) is 4.66. The van der Waals surface area contributed by atoms with Crippen molar-refractivity contribution < 1.29 is 29.0 Å². The summed E-state index contributed by atoms with van der Waals surface area (Å²) in [4.78, 5) is 11.9. The standard InChI is InChI=1S/C10H14N4.HI/c1-13(2)9-5-4-8-10(12-9)14(3)7-6-11-8;/h4-6H,7H2,1-3H3;1H. The Labute approximate surface area is 107 Å². The van der Waals surface area contributed by atoms with Gasteiger partial charge in [0.15, 0.2) is 0 Å². The van der Waals surface area contributed by atoms with Crippen molar-refractivity contribution in [3.05, 3.63) is 12.1 Å². The number of nitrogens with one attached hydrogen (secondary N) is 1. The number of aromatic amines is 1. The van der Waals surface area contributed by atoms with Crippen molar-refractivity contribution >= 4 is 23.5 Å². The molecule has 5 heteroatoms. The van der Waals surface area contributed by atoms with Crippen molar-refractivity contribution in [1.82, 2.24) is 0 Å². The number of halogens is 1. The first-order valence-electron chi connectivity index (χ1n) is 4.66. The quantitative estimate of drug-likeness (QED) is 0.547. The average Bonchev–Trinajstić information content (AvgIpc) is 2.18. The molecule has 0 aliphatic carbocycles. The van der Waals surface area contributed by atoms with Crippen LogP contribution < -0.4 is 38.8 Å². The summed E-state index contributed by atoms with van der Waals surface area (Å²) >= 11 is 0. The van der Waals surface area contributed by atoms with Crippen molar-refractivity contribution in [2.75, 3.05) is 37.5 Å². The lowest BCUT2D eigenvalue weighted by Gasteiger charge is -2.18. The van der Waals surface area contributed by atoms with Gasteiger partial charge in [0.05, 0.1) is 27.7 Å². The highest BCUT2D eigenvalue weighted by Crippen LogP contribution is 2.26. The van der Waals surface area contributed by atoms with Crippen LogP contribution in [-0.2, 0) is 0 Å². The first kappa shape index (κ1) is 12.2. The Hall–Kier alpha value is -0.850. The Morgan fingerprint density at radius 3 is 2.80 bits per heavy atom. The number of hydrogen-bond acceptors (Lipinski definition) is 3. The number of H-pyrrole nitrogens is 1. The molecule has 82 valence electrons. The summed E-state index contributed by atoms with van der Waals surface area (Å²) in [6.07, 6.45) is 1.92. The topological polar surface area (TPSA) is 33.0 Å². The second kappa shape index (κ2) is 4.78. The molecular weight excluding hydrogens is 303 g/mol. The molecule has 1 aromatic rings. The van der Waals surface area contributed by atoms with Crippen LogP contribution in [0.2, 0.25) is 0 Å². The van der Waals surface area contributed by atoms with E-state index < -0.39 is 0 Å². The van der Waals surface area contributed by atoms with Gasteiger partial charge in [-0.2, -0.15) is 0 Å². The van der Waals surface area contributed by atoms with E-state index in [9.17, 15) is 0 Å². The number of nitrogens with zero attached hydrogens (tertiary/aromatic N) is 3. The first-order chi connectivity index (χ1) is 6.68. The highest BCUT2D eigenvalue weighted by Gasteiger charge is 2.17. The zero-order chi connectivity index (χ0) is 10.1. The number of rotatable bonds is 1. The zero-order valence-corrected chi connectivity index (χ0v) is 11.3. The van der Waals surface area contributed by atoms with Gasteiger partial charge in [0.25, 0.3) is 0 Å². The Kier molecular flexibility index (Phi) is 3.90. The zero-order valence-electron chi connectivity index (χ0n) is 9.16. The summed E-state index contributed by atoms with van der Waals surface area (Å²) in [7, 11) is 6.09. The highest BCUT2D eigenvalue weighted by atomic mass is 127. The molecule has 0 saturated carbocycles. The number of aromatic nitrogens is 1. The summed E-state index contributed by atoms with van der Waals surface area (Å²) in [6, 6.07) is 4.07. The summed E-state index contributed by atoms with van der Waals surface area (Å²) in [5.41, 5.74) is 1.00. The van der Waals surface area contributed by atoms with Gasteiger partial charge < -0.3 is 24.0 Å². The molecule has 0 unspecified atom stereocenters. The molecule has 15 heavy (non-hydrogen) atoms. The van der Waals surface area contributed by atoms with Crippen molar-refractivity contribution in [2.45, 2.75) is 0 Å². The van der Waals surface area contributed by atoms with Crippen LogP contribution in [0.4, 0.5) is 17.3 Å². The summed E-state index contributed by atoms with van der Waals surface area (Å²) in [6.45, 7) is 0.861. The second-order valence-electron chi connectivity index (χ2n) is 3.66. The minimum atomic E-state index is 0. The molecule has 0 radical (unpaired) electrons. The molecule has 0 fully saturated rings. The molecule has 1 aliphatic heterocycles. The minimum absolute atomic E-state index is 0. The predicted octanol–water partition coefficient (Wildman–Crippen LogP) is -2.28. The lowest BCUT2D eigenvalue weighted by molar-refractivity contribution is -0.348. The molecular formula is C10H15IN4. The van der Waals surface area contributed by atoms with Gasteiger partial charge in [0, 0.05) is 12.3 Å². The van der Waals surface area contributed by atoms with Crippen LogP contribution in [-0.4, -0.2) is 33.9 Å². The molecule has 1 aromatic heterocycles. The van der Waals surface area contributed by atoms with Crippen molar-refractivity contribution in [2.24, 2.45) is 4.99 Å². The number of aliphatic imine (C=N–C) groups is 1. The maximum atomic E-state index is 4.33. The van der Waals surface area contributed by atoms with E-state index in [0.717, 1.165) is 23.9 Å². The molecule has 0 amide bonds. The normalized spacial score (nSPS) is 13.1. The van der Waals surface area contributed by atoms with Gasteiger partial charge in [0.2, 0.25) is 11.6 Å². The Morgan fingerprint density at radius 1 is 1.40 bits per heavy atom. The fourth-order valence-electron chi connectivity index (χ4n) is 1.47. The van der Waals surface area contributed by atoms with Crippen molar-refractivity contribution in [3.63, 3.8) is 0 Å². The van der Waals surface area contributed by atoms with Gasteiger partial charge in [-0.05, 0) is 6.07 Å². The average molecular weight is 318 g/mol. The van der Waals surface area contributed by atoms with E-state index in [1.54, 1.807) is 0 Å². The van der Waals surface area contributed by atoms with Crippen LogP contribution in [0, 0.1) is 0 Å². The smallest absolute Gasteiger partial charge is 0.247 e. The van der Waals surface area contributed by atoms with E-state index >= 15 is 0 Å². The third-order valence-corrected chi connectivity index (χ3v) is 2.34. The largest absolute Gasteiger partial charge is 1.00 e. The molecule has 0 aromatic carbocycles. The Morgan fingerprint density at radius 2 is 2.13 bits per heavy atom. The maximum absolute atomic E-state index is 4.33. The number of anilines is 2. The van der Waals surface area contributed by atoms with Gasteiger partial charge in [-0.25, -0.2) is 4.98 Å². The fourth-order valence-corrected chi connectivity index (χ4v) is 1.47. The summed E-state index contributed by atoms with van der Waals surface area (Å²) < 4.78 is 0.